The van der Waals surface area contributed by atoms with Gasteiger partial charge in [-0.1, -0.05) is 13.8 Å². The number of hydrogen-bond acceptors (Lipinski definition) is 3. The summed E-state index contributed by atoms with van der Waals surface area (Å²) in [6.07, 6.45) is 3.65. The fraction of sp³-hybridized carbons (Fsp3) is 0.650. The van der Waals surface area contributed by atoms with Crippen molar-refractivity contribution < 1.29 is 18.5 Å². The minimum Gasteiger partial charge on any atom is -0.334 e. The third-order valence-corrected chi connectivity index (χ3v) is 7.22. The van der Waals surface area contributed by atoms with Crippen LogP contribution in [0.2, 0.25) is 0 Å². The molecule has 6 nitrogen and oxygen atoms in total. The second-order valence-electron chi connectivity index (χ2n) is 8.20. The Morgan fingerprint density at radius 2 is 1.74 bits per heavy atom. The first-order valence-corrected chi connectivity index (χ1v) is 11.4. The fourth-order valence-corrected chi connectivity index (χ4v) is 4.96. The molecule has 0 saturated heterocycles. The van der Waals surface area contributed by atoms with E-state index in [2.05, 4.69) is 29.2 Å². The first-order chi connectivity index (χ1) is 12.6. The predicted octanol–water partition coefficient (Wildman–Crippen LogP) is 2.09. The van der Waals surface area contributed by atoms with E-state index in [0.29, 0.717) is 23.6 Å². The minimum atomic E-state index is -3.52. The second-order valence-corrected chi connectivity index (χ2v) is 9.92. The summed E-state index contributed by atoms with van der Waals surface area (Å²) in [4.78, 5) is 12.7. The smallest absolute Gasteiger partial charge is 0.282 e. The Kier molecular flexibility index (Phi) is 7.42. The molecule has 1 aliphatic rings. The molecule has 4 N–H and O–H groups in total. The van der Waals surface area contributed by atoms with Crippen molar-refractivity contribution in [3.8, 4) is 0 Å². The van der Waals surface area contributed by atoms with Gasteiger partial charge >= 0.3 is 0 Å². The molecule has 0 spiro atoms. The first kappa shape index (κ1) is 21.9. The lowest BCUT2D eigenvalue weighted by Gasteiger charge is -2.33. The van der Waals surface area contributed by atoms with Gasteiger partial charge in [-0.15, -0.1) is 0 Å². The Morgan fingerprint density at radius 3 is 2.33 bits per heavy atom. The number of nitrogens with one attached hydrogen (secondary N) is 2. The number of benzene rings is 1. The number of carbonyl (C=O) groups is 1. The van der Waals surface area contributed by atoms with Crippen molar-refractivity contribution in [1.82, 2.24) is 4.72 Å². The average molecular weight is 397 g/mol. The van der Waals surface area contributed by atoms with E-state index >= 15 is 0 Å². The summed E-state index contributed by atoms with van der Waals surface area (Å²) in [7, 11) is -3.52. The molecule has 0 unspecified atom stereocenters. The summed E-state index contributed by atoms with van der Waals surface area (Å²) in [5.74, 6) is 1.24. The van der Waals surface area contributed by atoms with Crippen LogP contribution in [0, 0.1) is 11.8 Å². The Hall–Kier alpha value is -1.44. The van der Waals surface area contributed by atoms with Gasteiger partial charge in [0, 0.05) is 17.6 Å². The summed E-state index contributed by atoms with van der Waals surface area (Å²) in [5.41, 5.74) is 0.605. The SMILES string of the molecule is CC(C)NS(=O)(=O)c1ccc(NC(=O)[C@H](C)[NH2+][C@H]2CCC[C@@H](C)[C@H]2C)cc1. The number of rotatable bonds is 7. The Morgan fingerprint density at radius 1 is 1.11 bits per heavy atom. The van der Waals surface area contributed by atoms with Gasteiger partial charge in [0.25, 0.3) is 5.91 Å². The molecule has 1 aromatic rings. The van der Waals surface area contributed by atoms with Crippen LogP contribution in [0.1, 0.15) is 53.9 Å². The van der Waals surface area contributed by atoms with Crippen LogP contribution in [0.15, 0.2) is 29.2 Å². The standard InChI is InChI=1S/C20H33N3O3S/c1-13(2)23-27(25,26)18-11-9-17(10-12-18)22-20(24)16(5)21-19-8-6-7-14(3)15(19)4/h9-16,19,21,23H,6-8H2,1-5H3,(H,22,24)/p+1/t14-,15-,16+,19+/m1/s1. The van der Waals surface area contributed by atoms with Crippen LogP contribution in [-0.2, 0) is 14.8 Å². The van der Waals surface area contributed by atoms with Gasteiger partial charge in [0.05, 0.1) is 10.9 Å². The van der Waals surface area contributed by atoms with Crippen molar-refractivity contribution in [2.45, 2.75) is 76.9 Å². The highest BCUT2D eigenvalue weighted by Crippen LogP contribution is 2.27. The molecule has 4 atom stereocenters. The number of carbonyl (C=O) groups excluding carboxylic acids is 1. The third-order valence-electron chi connectivity index (χ3n) is 5.54. The van der Waals surface area contributed by atoms with Gasteiger partial charge in [0.15, 0.2) is 6.04 Å². The fourth-order valence-electron chi connectivity index (χ4n) is 3.70. The number of quaternary nitrogens is 1. The molecule has 7 heteroatoms. The van der Waals surface area contributed by atoms with Crippen LogP contribution < -0.4 is 15.4 Å². The van der Waals surface area contributed by atoms with E-state index in [0.717, 1.165) is 6.42 Å². The zero-order chi connectivity index (χ0) is 20.2. The zero-order valence-electron chi connectivity index (χ0n) is 17.0. The Labute approximate surface area is 163 Å². The molecule has 1 aliphatic carbocycles. The summed E-state index contributed by atoms with van der Waals surface area (Å²) in [6, 6.07) is 6.41. The van der Waals surface area contributed by atoms with Crippen LogP contribution in [0.3, 0.4) is 0 Å². The van der Waals surface area contributed by atoms with Crippen LogP contribution in [0.5, 0.6) is 0 Å². The molecule has 1 aromatic carbocycles. The molecule has 1 amide bonds. The van der Waals surface area contributed by atoms with E-state index in [4.69, 9.17) is 0 Å². The number of sulfonamides is 1. The van der Waals surface area contributed by atoms with Crippen LogP contribution in [0.4, 0.5) is 5.69 Å². The second kappa shape index (κ2) is 9.17. The lowest BCUT2D eigenvalue weighted by atomic mass is 9.78. The molecular weight excluding hydrogens is 362 g/mol. The van der Waals surface area contributed by atoms with E-state index in [1.54, 1.807) is 26.0 Å². The lowest BCUT2D eigenvalue weighted by molar-refractivity contribution is -0.715. The van der Waals surface area contributed by atoms with Crippen molar-refractivity contribution in [1.29, 1.82) is 0 Å². The highest BCUT2D eigenvalue weighted by molar-refractivity contribution is 7.89. The summed E-state index contributed by atoms with van der Waals surface area (Å²) < 4.78 is 26.9. The first-order valence-electron chi connectivity index (χ1n) is 9.88. The molecule has 0 aliphatic heterocycles. The molecule has 2 rings (SSSR count). The maximum absolute atomic E-state index is 12.5. The molecular formula is C20H34N3O3S+. The molecule has 0 bridgehead atoms. The molecule has 0 aromatic heterocycles. The normalized spacial score (nSPS) is 24.6. The highest BCUT2D eigenvalue weighted by atomic mass is 32.2. The number of amides is 1. The average Bonchev–Trinajstić information content (AvgIpc) is 2.58. The molecule has 0 radical (unpaired) electrons. The Balaban J connectivity index is 1.95. The summed E-state index contributed by atoms with van der Waals surface area (Å²) in [5, 5.41) is 5.07. The van der Waals surface area contributed by atoms with Crippen molar-refractivity contribution >= 4 is 21.6 Å². The summed E-state index contributed by atoms with van der Waals surface area (Å²) in [6.45, 7) is 10.0. The number of nitrogens with two attached hydrogens (primary N) is 1. The van der Waals surface area contributed by atoms with Crippen LogP contribution in [0.25, 0.3) is 0 Å². The van der Waals surface area contributed by atoms with Crippen molar-refractivity contribution in [2.75, 3.05) is 5.32 Å². The van der Waals surface area contributed by atoms with E-state index in [9.17, 15) is 13.2 Å². The van der Waals surface area contributed by atoms with Gasteiger partial charge in [0.1, 0.15) is 0 Å². The molecule has 0 heterocycles. The quantitative estimate of drug-likeness (QED) is 0.659. The van der Waals surface area contributed by atoms with Gasteiger partial charge in [-0.25, -0.2) is 13.1 Å². The van der Waals surface area contributed by atoms with Crippen molar-refractivity contribution in [2.24, 2.45) is 11.8 Å². The highest BCUT2D eigenvalue weighted by Gasteiger charge is 2.32. The van der Waals surface area contributed by atoms with E-state index in [1.807, 2.05) is 6.92 Å². The van der Waals surface area contributed by atoms with Gasteiger partial charge < -0.3 is 10.6 Å². The minimum absolute atomic E-state index is 0.0589. The summed E-state index contributed by atoms with van der Waals surface area (Å²) >= 11 is 0. The van der Waals surface area contributed by atoms with Gasteiger partial charge in [-0.05, 0) is 70.2 Å². The monoisotopic (exact) mass is 396 g/mol. The van der Waals surface area contributed by atoms with E-state index < -0.39 is 10.0 Å². The Bertz CT molecular complexity index is 731. The van der Waals surface area contributed by atoms with E-state index in [1.165, 1.54) is 25.0 Å². The lowest BCUT2D eigenvalue weighted by Crippen LogP contribution is -2.97. The molecule has 1 saturated carbocycles. The van der Waals surface area contributed by atoms with Gasteiger partial charge in [-0.2, -0.15) is 0 Å². The van der Waals surface area contributed by atoms with Gasteiger partial charge in [0.2, 0.25) is 10.0 Å². The van der Waals surface area contributed by atoms with Crippen molar-refractivity contribution in [3.05, 3.63) is 24.3 Å². The van der Waals surface area contributed by atoms with Gasteiger partial charge in [-0.3, -0.25) is 4.79 Å². The van der Waals surface area contributed by atoms with Crippen LogP contribution >= 0.6 is 0 Å². The topological polar surface area (TPSA) is 91.9 Å². The third kappa shape index (κ3) is 6.02. The predicted molar refractivity (Wildman–Crippen MR) is 108 cm³/mol. The molecule has 1 fully saturated rings. The maximum Gasteiger partial charge on any atom is 0.282 e. The zero-order valence-corrected chi connectivity index (χ0v) is 17.8. The van der Waals surface area contributed by atoms with Crippen molar-refractivity contribution in [3.63, 3.8) is 0 Å². The maximum atomic E-state index is 12.5. The number of anilines is 1. The molecule has 27 heavy (non-hydrogen) atoms. The van der Waals surface area contributed by atoms with E-state index in [-0.39, 0.29) is 22.9 Å². The van der Waals surface area contributed by atoms with Crippen LogP contribution in [-0.4, -0.2) is 32.5 Å². The molecule has 152 valence electrons. The number of hydrogen-bond donors (Lipinski definition) is 3. The largest absolute Gasteiger partial charge is 0.334 e.